The Kier molecular flexibility index (Phi) is 5.06. The minimum atomic E-state index is -3.66. The molecule has 2 aromatic rings. The average molecular weight is 327 g/mol. The number of sulfonamides is 1. The maximum Gasteiger partial charge on any atom is 0.261 e. The highest BCUT2D eigenvalue weighted by atomic mass is 35.5. The molecule has 0 heterocycles. The number of hydrogen-bond donors (Lipinski definition) is 2. The first kappa shape index (κ1) is 15.6. The van der Waals surface area contributed by atoms with Crippen molar-refractivity contribution in [2.24, 2.45) is 5.73 Å². The van der Waals surface area contributed by atoms with Crippen LogP contribution in [-0.2, 0) is 10.0 Å². The summed E-state index contributed by atoms with van der Waals surface area (Å²) in [7, 11) is -3.66. The zero-order valence-electron chi connectivity index (χ0n) is 11.1. The molecule has 5 nitrogen and oxygen atoms in total. The van der Waals surface area contributed by atoms with Gasteiger partial charge in [-0.25, -0.2) is 8.42 Å². The number of hydrogen-bond acceptors (Lipinski definition) is 4. The fraction of sp³-hybridized carbons (Fsp3) is 0.143. The quantitative estimate of drug-likeness (QED) is 0.854. The van der Waals surface area contributed by atoms with Crippen molar-refractivity contribution in [1.82, 2.24) is 0 Å². The second-order valence-electron chi connectivity index (χ2n) is 4.22. The van der Waals surface area contributed by atoms with E-state index in [1.54, 1.807) is 24.3 Å². The number of rotatable bonds is 6. The van der Waals surface area contributed by atoms with E-state index in [1.165, 1.54) is 24.3 Å². The van der Waals surface area contributed by atoms with E-state index in [9.17, 15) is 8.42 Å². The fourth-order valence-electron chi connectivity index (χ4n) is 1.65. The molecule has 21 heavy (non-hydrogen) atoms. The largest absolute Gasteiger partial charge is 0.492 e. The molecule has 0 radical (unpaired) electrons. The monoisotopic (exact) mass is 326 g/mol. The van der Waals surface area contributed by atoms with Gasteiger partial charge in [0, 0.05) is 17.6 Å². The van der Waals surface area contributed by atoms with Gasteiger partial charge < -0.3 is 10.5 Å². The van der Waals surface area contributed by atoms with Crippen LogP contribution in [0.15, 0.2) is 53.4 Å². The van der Waals surface area contributed by atoms with Crippen LogP contribution in [0.1, 0.15) is 0 Å². The van der Waals surface area contributed by atoms with Crippen molar-refractivity contribution in [3.8, 4) is 5.75 Å². The lowest BCUT2D eigenvalue weighted by atomic mass is 10.3. The molecule has 0 bridgehead atoms. The van der Waals surface area contributed by atoms with Gasteiger partial charge in [-0.15, -0.1) is 0 Å². The van der Waals surface area contributed by atoms with Crippen LogP contribution >= 0.6 is 11.6 Å². The summed E-state index contributed by atoms with van der Waals surface area (Å²) < 4.78 is 32.3. The van der Waals surface area contributed by atoms with Crippen molar-refractivity contribution < 1.29 is 13.2 Å². The number of benzene rings is 2. The average Bonchev–Trinajstić information content (AvgIpc) is 2.45. The minimum Gasteiger partial charge on any atom is -0.492 e. The molecule has 0 aliphatic rings. The highest BCUT2D eigenvalue weighted by Gasteiger charge is 2.14. The summed E-state index contributed by atoms with van der Waals surface area (Å²) in [6.45, 7) is 0.758. The van der Waals surface area contributed by atoms with E-state index in [0.717, 1.165) is 0 Å². The van der Waals surface area contributed by atoms with Crippen molar-refractivity contribution in [3.63, 3.8) is 0 Å². The molecule has 0 aliphatic carbocycles. The Morgan fingerprint density at radius 3 is 2.52 bits per heavy atom. The Morgan fingerprint density at radius 2 is 1.86 bits per heavy atom. The molecule has 0 saturated heterocycles. The molecule has 0 saturated carbocycles. The van der Waals surface area contributed by atoms with Crippen molar-refractivity contribution in [3.05, 3.63) is 53.6 Å². The van der Waals surface area contributed by atoms with Crippen LogP contribution in [0.3, 0.4) is 0 Å². The lowest BCUT2D eigenvalue weighted by Gasteiger charge is -2.10. The third kappa shape index (κ3) is 4.35. The normalized spacial score (nSPS) is 11.1. The lowest BCUT2D eigenvalue weighted by molar-refractivity contribution is 0.328. The first-order chi connectivity index (χ1) is 10.0. The fourth-order valence-corrected chi connectivity index (χ4v) is 2.83. The van der Waals surface area contributed by atoms with Gasteiger partial charge >= 0.3 is 0 Å². The molecule has 2 rings (SSSR count). The Bertz CT molecular complexity index is 702. The summed E-state index contributed by atoms with van der Waals surface area (Å²) >= 11 is 5.75. The molecule has 0 atom stereocenters. The summed E-state index contributed by atoms with van der Waals surface area (Å²) in [6, 6.07) is 12.6. The molecule has 0 amide bonds. The van der Waals surface area contributed by atoms with E-state index in [2.05, 4.69) is 4.72 Å². The van der Waals surface area contributed by atoms with E-state index in [-0.39, 0.29) is 4.90 Å². The first-order valence-corrected chi connectivity index (χ1v) is 8.09. The predicted octanol–water partition coefficient (Wildman–Crippen LogP) is 2.48. The van der Waals surface area contributed by atoms with Crippen LogP contribution in [0.25, 0.3) is 0 Å². The Morgan fingerprint density at radius 1 is 1.14 bits per heavy atom. The van der Waals surface area contributed by atoms with Crippen molar-refractivity contribution >= 4 is 27.3 Å². The maximum atomic E-state index is 12.2. The van der Waals surface area contributed by atoms with Gasteiger partial charge in [-0.2, -0.15) is 0 Å². The highest BCUT2D eigenvalue weighted by molar-refractivity contribution is 7.92. The van der Waals surface area contributed by atoms with E-state index in [0.29, 0.717) is 29.6 Å². The van der Waals surface area contributed by atoms with Gasteiger partial charge in [-0.1, -0.05) is 17.7 Å². The first-order valence-electron chi connectivity index (χ1n) is 6.22. The molecular weight excluding hydrogens is 312 g/mol. The predicted molar refractivity (Wildman–Crippen MR) is 83.3 cm³/mol. The van der Waals surface area contributed by atoms with Crippen LogP contribution in [0, 0.1) is 0 Å². The summed E-state index contributed by atoms with van der Waals surface area (Å²) in [5, 5.41) is 0.478. The third-order valence-corrected chi connectivity index (χ3v) is 4.25. The van der Waals surface area contributed by atoms with Crippen LogP contribution in [0.5, 0.6) is 5.75 Å². The van der Waals surface area contributed by atoms with Crippen LogP contribution in [0.4, 0.5) is 5.69 Å². The molecule has 2 aromatic carbocycles. The third-order valence-electron chi connectivity index (χ3n) is 2.60. The Labute approximate surface area is 128 Å². The molecular formula is C14H15ClN2O3S. The molecule has 0 unspecified atom stereocenters. The Hall–Kier alpha value is -1.76. The SMILES string of the molecule is NCCOc1cccc(NS(=O)(=O)c2ccc(Cl)cc2)c1. The van der Waals surface area contributed by atoms with Gasteiger partial charge in [0.25, 0.3) is 10.0 Å². The van der Waals surface area contributed by atoms with Gasteiger partial charge in [0.2, 0.25) is 0 Å². The van der Waals surface area contributed by atoms with Crippen molar-refractivity contribution in [2.75, 3.05) is 17.9 Å². The smallest absolute Gasteiger partial charge is 0.261 e. The zero-order valence-corrected chi connectivity index (χ0v) is 12.7. The van der Waals surface area contributed by atoms with E-state index < -0.39 is 10.0 Å². The van der Waals surface area contributed by atoms with Crippen LogP contribution in [0.2, 0.25) is 5.02 Å². The maximum absolute atomic E-state index is 12.2. The molecule has 0 aliphatic heterocycles. The zero-order chi connectivity index (χ0) is 15.3. The molecule has 112 valence electrons. The van der Waals surface area contributed by atoms with Crippen molar-refractivity contribution in [1.29, 1.82) is 0 Å². The highest BCUT2D eigenvalue weighted by Crippen LogP contribution is 2.21. The van der Waals surface area contributed by atoms with Crippen molar-refractivity contribution in [2.45, 2.75) is 4.90 Å². The summed E-state index contributed by atoms with van der Waals surface area (Å²) in [4.78, 5) is 0.139. The van der Waals surface area contributed by atoms with Crippen LogP contribution in [-0.4, -0.2) is 21.6 Å². The number of ether oxygens (including phenoxy) is 1. The van der Waals surface area contributed by atoms with Gasteiger partial charge in [-0.05, 0) is 36.4 Å². The number of nitrogens with one attached hydrogen (secondary N) is 1. The number of nitrogens with two attached hydrogens (primary N) is 1. The molecule has 7 heteroatoms. The number of halogens is 1. The standard InChI is InChI=1S/C14H15ClN2O3S/c15-11-4-6-14(7-5-11)21(18,19)17-12-2-1-3-13(10-12)20-9-8-16/h1-7,10,17H,8-9,16H2. The lowest BCUT2D eigenvalue weighted by Crippen LogP contribution is -2.13. The molecule has 0 spiro atoms. The Balaban J connectivity index is 2.18. The molecule has 0 fully saturated rings. The van der Waals surface area contributed by atoms with E-state index >= 15 is 0 Å². The van der Waals surface area contributed by atoms with Crippen LogP contribution < -0.4 is 15.2 Å². The van der Waals surface area contributed by atoms with Gasteiger partial charge in [0.05, 0.1) is 10.6 Å². The second kappa shape index (κ2) is 6.80. The second-order valence-corrected chi connectivity index (χ2v) is 6.34. The van der Waals surface area contributed by atoms with E-state index in [1.807, 2.05) is 0 Å². The molecule has 3 N–H and O–H groups in total. The molecule has 0 aromatic heterocycles. The summed E-state index contributed by atoms with van der Waals surface area (Å²) in [6.07, 6.45) is 0. The van der Waals surface area contributed by atoms with Gasteiger partial charge in [-0.3, -0.25) is 4.72 Å². The minimum absolute atomic E-state index is 0.139. The summed E-state index contributed by atoms with van der Waals surface area (Å²) in [5.74, 6) is 0.553. The number of anilines is 1. The van der Waals surface area contributed by atoms with Gasteiger partial charge in [0.1, 0.15) is 12.4 Å². The van der Waals surface area contributed by atoms with E-state index in [4.69, 9.17) is 22.1 Å². The summed E-state index contributed by atoms with van der Waals surface area (Å²) in [5.41, 5.74) is 5.77. The topological polar surface area (TPSA) is 81.4 Å². The van der Waals surface area contributed by atoms with Gasteiger partial charge in [0.15, 0.2) is 0 Å².